The molecule has 0 bridgehead atoms. The largest absolute Gasteiger partial charge is 0.348 e. The maximum absolute atomic E-state index is 12.0. The lowest BCUT2D eigenvalue weighted by Crippen LogP contribution is -2.58. The standard InChI is InChI=1S/C13H16Cl2N2O/c1-8(10-4-3-9(14)7-11(10)15)17-12(18)13(16)5-2-6-13/h3-4,7-8H,2,5-6,16H2,1H3,(H,17,18). The van der Waals surface area contributed by atoms with Gasteiger partial charge >= 0.3 is 0 Å². The van der Waals surface area contributed by atoms with Crippen LogP contribution in [-0.2, 0) is 4.79 Å². The van der Waals surface area contributed by atoms with Gasteiger partial charge in [0.2, 0.25) is 5.91 Å². The van der Waals surface area contributed by atoms with Crippen LogP contribution in [0.4, 0.5) is 0 Å². The number of rotatable bonds is 3. The molecule has 1 aliphatic carbocycles. The normalized spacial score (nSPS) is 18.9. The topological polar surface area (TPSA) is 55.1 Å². The van der Waals surface area contributed by atoms with Gasteiger partial charge in [0, 0.05) is 10.0 Å². The fraction of sp³-hybridized carbons (Fsp3) is 0.462. The quantitative estimate of drug-likeness (QED) is 0.897. The second kappa shape index (κ2) is 5.08. The lowest BCUT2D eigenvalue weighted by atomic mass is 9.77. The smallest absolute Gasteiger partial charge is 0.240 e. The van der Waals surface area contributed by atoms with Crippen molar-refractivity contribution in [1.29, 1.82) is 0 Å². The summed E-state index contributed by atoms with van der Waals surface area (Å²) in [7, 11) is 0. The van der Waals surface area contributed by atoms with Crippen molar-refractivity contribution in [2.24, 2.45) is 5.73 Å². The van der Waals surface area contributed by atoms with E-state index in [2.05, 4.69) is 5.32 Å². The molecule has 3 N–H and O–H groups in total. The van der Waals surface area contributed by atoms with Gasteiger partial charge in [-0.2, -0.15) is 0 Å². The third kappa shape index (κ3) is 2.63. The number of nitrogens with one attached hydrogen (secondary N) is 1. The van der Waals surface area contributed by atoms with Crippen molar-refractivity contribution in [3.05, 3.63) is 33.8 Å². The third-order valence-corrected chi connectivity index (χ3v) is 4.04. The lowest BCUT2D eigenvalue weighted by molar-refractivity contribution is -0.129. The van der Waals surface area contributed by atoms with Crippen LogP contribution in [0.1, 0.15) is 37.8 Å². The zero-order chi connectivity index (χ0) is 13.3. The number of hydrogen-bond acceptors (Lipinski definition) is 2. The van der Waals surface area contributed by atoms with E-state index in [-0.39, 0.29) is 11.9 Å². The van der Waals surface area contributed by atoms with Gasteiger partial charge in [0.25, 0.3) is 0 Å². The van der Waals surface area contributed by atoms with Gasteiger partial charge in [-0.15, -0.1) is 0 Å². The summed E-state index contributed by atoms with van der Waals surface area (Å²) in [4.78, 5) is 12.0. The molecule has 0 spiro atoms. The van der Waals surface area contributed by atoms with Crippen LogP contribution in [0.5, 0.6) is 0 Å². The fourth-order valence-corrected chi connectivity index (χ4v) is 2.63. The van der Waals surface area contributed by atoms with E-state index in [1.807, 2.05) is 13.0 Å². The van der Waals surface area contributed by atoms with Crippen LogP contribution >= 0.6 is 23.2 Å². The summed E-state index contributed by atoms with van der Waals surface area (Å²) >= 11 is 11.9. The SMILES string of the molecule is CC(NC(=O)C1(N)CCC1)c1ccc(Cl)cc1Cl. The van der Waals surface area contributed by atoms with Gasteiger partial charge in [0.1, 0.15) is 0 Å². The molecule has 0 aromatic heterocycles. The van der Waals surface area contributed by atoms with Crippen LogP contribution in [0.25, 0.3) is 0 Å². The van der Waals surface area contributed by atoms with Gasteiger partial charge in [-0.05, 0) is 43.9 Å². The molecule has 2 rings (SSSR count). The lowest BCUT2D eigenvalue weighted by Gasteiger charge is -2.37. The number of hydrogen-bond donors (Lipinski definition) is 2. The van der Waals surface area contributed by atoms with Gasteiger partial charge in [-0.1, -0.05) is 29.3 Å². The van der Waals surface area contributed by atoms with E-state index in [9.17, 15) is 4.79 Å². The molecule has 1 aliphatic rings. The number of amides is 1. The van der Waals surface area contributed by atoms with E-state index in [0.717, 1.165) is 24.8 Å². The first-order valence-electron chi connectivity index (χ1n) is 5.97. The van der Waals surface area contributed by atoms with E-state index < -0.39 is 5.54 Å². The first-order valence-corrected chi connectivity index (χ1v) is 6.73. The van der Waals surface area contributed by atoms with Crippen molar-refractivity contribution >= 4 is 29.1 Å². The zero-order valence-electron chi connectivity index (χ0n) is 10.2. The minimum Gasteiger partial charge on any atom is -0.348 e. The summed E-state index contributed by atoms with van der Waals surface area (Å²) in [6.45, 7) is 1.88. The molecule has 5 heteroatoms. The number of carbonyl (C=O) groups is 1. The summed E-state index contributed by atoms with van der Waals surface area (Å²) in [6, 6.07) is 5.07. The van der Waals surface area contributed by atoms with Crippen LogP contribution in [0, 0.1) is 0 Å². The van der Waals surface area contributed by atoms with Crippen molar-refractivity contribution in [3.63, 3.8) is 0 Å². The Bertz CT molecular complexity index is 472. The molecule has 0 radical (unpaired) electrons. The highest BCUT2D eigenvalue weighted by Gasteiger charge is 2.40. The Morgan fingerprint density at radius 1 is 1.44 bits per heavy atom. The molecule has 0 heterocycles. The molecule has 1 saturated carbocycles. The molecular formula is C13H16Cl2N2O. The average molecular weight is 287 g/mol. The van der Waals surface area contributed by atoms with E-state index in [4.69, 9.17) is 28.9 Å². The number of carbonyl (C=O) groups excluding carboxylic acids is 1. The van der Waals surface area contributed by atoms with Gasteiger partial charge < -0.3 is 11.1 Å². The van der Waals surface area contributed by atoms with E-state index in [0.29, 0.717) is 10.0 Å². The molecule has 98 valence electrons. The van der Waals surface area contributed by atoms with Crippen LogP contribution in [0.3, 0.4) is 0 Å². The Morgan fingerprint density at radius 3 is 2.61 bits per heavy atom. The van der Waals surface area contributed by atoms with Crippen LogP contribution in [-0.4, -0.2) is 11.4 Å². The maximum atomic E-state index is 12.0. The van der Waals surface area contributed by atoms with Crippen LogP contribution in [0.2, 0.25) is 10.0 Å². The van der Waals surface area contributed by atoms with Gasteiger partial charge in [-0.3, -0.25) is 4.79 Å². The minimum absolute atomic E-state index is 0.104. The molecule has 18 heavy (non-hydrogen) atoms. The highest BCUT2D eigenvalue weighted by atomic mass is 35.5. The number of benzene rings is 1. The molecule has 1 amide bonds. The van der Waals surface area contributed by atoms with Crippen molar-refractivity contribution in [1.82, 2.24) is 5.32 Å². The highest BCUT2D eigenvalue weighted by molar-refractivity contribution is 6.35. The van der Waals surface area contributed by atoms with Gasteiger partial charge in [0.15, 0.2) is 0 Å². The summed E-state index contributed by atoms with van der Waals surface area (Å²) in [5.74, 6) is -0.104. The molecule has 0 saturated heterocycles. The van der Waals surface area contributed by atoms with Gasteiger partial charge in [0.05, 0.1) is 11.6 Å². The molecule has 1 fully saturated rings. The number of halogens is 2. The predicted molar refractivity (Wildman–Crippen MR) is 73.8 cm³/mol. The fourth-order valence-electron chi connectivity index (χ4n) is 2.06. The Labute approximate surface area is 117 Å². The van der Waals surface area contributed by atoms with Crippen molar-refractivity contribution in [3.8, 4) is 0 Å². The van der Waals surface area contributed by atoms with Crippen molar-refractivity contribution in [2.45, 2.75) is 37.8 Å². The third-order valence-electron chi connectivity index (χ3n) is 3.47. The van der Waals surface area contributed by atoms with Crippen LogP contribution in [0.15, 0.2) is 18.2 Å². The first-order chi connectivity index (χ1) is 8.42. The minimum atomic E-state index is -0.687. The molecule has 1 unspecified atom stereocenters. The van der Waals surface area contributed by atoms with Crippen LogP contribution < -0.4 is 11.1 Å². The molecule has 3 nitrogen and oxygen atoms in total. The van der Waals surface area contributed by atoms with Crippen molar-refractivity contribution in [2.75, 3.05) is 0 Å². The molecule has 1 atom stereocenters. The molecule has 1 aromatic carbocycles. The first kappa shape index (κ1) is 13.7. The Morgan fingerprint density at radius 2 is 2.11 bits per heavy atom. The Hall–Kier alpha value is -0.770. The molecule has 0 aliphatic heterocycles. The molecule has 1 aromatic rings. The molecular weight excluding hydrogens is 271 g/mol. The monoisotopic (exact) mass is 286 g/mol. The summed E-state index contributed by atoms with van der Waals surface area (Å²) in [5.41, 5.74) is 6.13. The Balaban J connectivity index is 2.07. The van der Waals surface area contributed by atoms with E-state index in [1.54, 1.807) is 12.1 Å². The van der Waals surface area contributed by atoms with Gasteiger partial charge in [-0.25, -0.2) is 0 Å². The number of nitrogens with two attached hydrogens (primary N) is 1. The second-order valence-corrected chi connectivity index (χ2v) is 5.71. The summed E-state index contributed by atoms with van der Waals surface area (Å²) < 4.78 is 0. The average Bonchev–Trinajstić information content (AvgIpc) is 2.25. The predicted octanol–water partition coefficient (Wildman–Crippen LogP) is 3.05. The maximum Gasteiger partial charge on any atom is 0.240 e. The van der Waals surface area contributed by atoms with E-state index in [1.165, 1.54) is 0 Å². The van der Waals surface area contributed by atoms with E-state index >= 15 is 0 Å². The second-order valence-electron chi connectivity index (χ2n) is 4.87. The Kier molecular flexibility index (Phi) is 3.85. The summed E-state index contributed by atoms with van der Waals surface area (Å²) in [6.07, 6.45) is 2.51. The van der Waals surface area contributed by atoms with Crippen molar-refractivity contribution < 1.29 is 4.79 Å². The highest BCUT2D eigenvalue weighted by Crippen LogP contribution is 2.31. The summed E-state index contributed by atoms with van der Waals surface area (Å²) in [5, 5.41) is 4.04. The zero-order valence-corrected chi connectivity index (χ0v) is 11.7.